The minimum atomic E-state index is -4.07. The summed E-state index contributed by atoms with van der Waals surface area (Å²) in [5.74, 6) is -1.49. The number of guanidine groups is 1. The number of unbranched alkanes of at least 4 members (excludes halogenated alkanes) is 2. The molecular weight excluding hydrogens is 465 g/mol. The molecule has 0 radical (unpaired) electrons. The maximum atomic E-state index is 13.0. The number of nitrogens with zero attached hydrogens (tertiary/aromatic N) is 2. The Morgan fingerprint density at radius 3 is 1.67 bits per heavy atom. The van der Waals surface area contributed by atoms with E-state index in [1.807, 2.05) is 0 Å². The van der Waals surface area contributed by atoms with Gasteiger partial charge in [0.1, 0.15) is 6.54 Å². The quantitative estimate of drug-likeness (QED) is 0.0977. The summed E-state index contributed by atoms with van der Waals surface area (Å²) in [5, 5.41) is 8.85. The van der Waals surface area contributed by atoms with Gasteiger partial charge in [0, 0.05) is 7.05 Å². The largest absolute Gasteiger partial charge is 0.508 e. The highest BCUT2D eigenvalue weighted by molar-refractivity contribution is 7.52. The first-order valence-electron chi connectivity index (χ1n) is 10.4. The summed E-state index contributed by atoms with van der Waals surface area (Å²) < 4.78 is 46.2. The van der Waals surface area contributed by atoms with Crippen LogP contribution in [-0.4, -0.2) is 87.5 Å². The molecule has 3 N–H and O–H groups in total. The van der Waals surface area contributed by atoms with Gasteiger partial charge < -0.3 is 34.7 Å². The van der Waals surface area contributed by atoms with Crippen LogP contribution in [0.4, 0.5) is 9.59 Å². The van der Waals surface area contributed by atoms with Crippen molar-refractivity contribution < 1.29 is 52.1 Å². The van der Waals surface area contributed by atoms with E-state index >= 15 is 0 Å². The molecule has 0 rings (SSSR count). The molecule has 0 fully saturated rings. The number of likely N-dealkylation sites (N-methyl/N-ethyl adjacent to an activating group) is 1. The summed E-state index contributed by atoms with van der Waals surface area (Å²) >= 11 is 0. The minimum Gasteiger partial charge on any atom is -0.480 e. The maximum absolute atomic E-state index is 13.0. The Balaban J connectivity index is 4.66. The molecule has 0 heterocycles. The van der Waals surface area contributed by atoms with E-state index in [0.29, 0.717) is 25.7 Å². The summed E-state index contributed by atoms with van der Waals surface area (Å²) in [6.45, 7) is 3.32. The van der Waals surface area contributed by atoms with Crippen LogP contribution in [0.25, 0.3) is 0 Å². The summed E-state index contributed by atoms with van der Waals surface area (Å²) in [7, 11) is -2.71. The van der Waals surface area contributed by atoms with E-state index in [0.717, 1.165) is 4.90 Å². The molecule has 0 atom stereocenters. The number of carbonyl (C=O) groups is 3. The number of aliphatic carboxylic acids is 1. The van der Waals surface area contributed by atoms with Crippen molar-refractivity contribution in [3.63, 3.8) is 0 Å². The first kappa shape index (κ1) is 30.4. The van der Waals surface area contributed by atoms with Crippen molar-refractivity contribution >= 4 is 32.0 Å². The molecule has 192 valence electrons. The van der Waals surface area contributed by atoms with Crippen molar-refractivity contribution in [1.29, 1.82) is 0 Å². The average Bonchev–Trinajstić information content (AvgIpc) is 2.73. The van der Waals surface area contributed by atoms with Gasteiger partial charge in [0.15, 0.2) is 0 Å². The Morgan fingerprint density at radius 1 is 0.848 bits per heavy atom. The van der Waals surface area contributed by atoms with E-state index in [1.54, 1.807) is 13.8 Å². The molecule has 14 nitrogen and oxygen atoms in total. The monoisotopic (exact) mass is 499 g/mol. The Hall–Kier alpha value is -2.57. The molecule has 0 spiro atoms. The summed E-state index contributed by atoms with van der Waals surface area (Å²) in [5.41, 5.74) is 5.72. The first-order valence-corrected chi connectivity index (χ1v) is 11.9. The molecule has 0 saturated heterocycles. The average molecular weight is 499 g/mol. The molecule has 33 heavy (non-hydrogen) atoms. The van der Waals surface area contributed by atoms with Crippen LogP contribution in [0.2, 0.25) is 0 Å². The topological polar surface area (TPSA) is 186 Å². The van der Waals surface area contributed by atoms with Crippen LogP contribution in [0.1, 0.15) is 39.5 Å². The van der Waals surface area contributed by atoms with Crippen LogP contribution < -0.4 is 5.73 Å². The maximum Gasteiger partial charge on any atom is 0.508 e. The van der Waals surface area contributed by atoms with E-state index in [-0.39, 0.29) is 45.6 Å². The first-order chi connectivity index (χ1) is 15.6. The van der Waals surface area contributed by atoms with Crippen molar-refractivity contribution in [2.24, 2.45) is 10.5 Å². The van der Waals surface area contributed by atoms with Crippen molar-refractivity contribution in [2.45, 2.75) is 39.5 Å². The third-order valence-electron chi connectivity index (χ3n) is 3.54. The van der Waals surface area contributed by atoms with Gasteiger partial charge in [-0.05, 0) is 39.5 Å². The summed E-state index contributed by atoms with van der Waals surface area (Å²) in [6.07, 6.45) is -0.0258. The second kappa shape index (κ2) is 17.9. The zero-order chi connectivity index (χ0) is 25.1. The molecule has 0 bridgehead atoms. The summed E-state index contributed by atoms with van der Waals surface area (Å²) in [6, 6.07) is 0. The zero-order valence-corrected chi connectivity index (χ0v) is 20.1. The van der Waals surface area contributed by atoms with E-state index < -0.39 is 32.6 Å². The highest BCUT2D eigenvalue weighted by atomic mass is 31.2. The van der Waals surface area contributed by atoms with E-state index in [9.17, 15) is 18.9 Å². The predicted molar refractivity (Wildman–Crippen MR) is 116 cm³/mol. The van der Waals surface area contributed by atoms with E-state index in [1.165, 1.54) is 7.05 Å². The third kappa shape index (κ3) is 16.7. The molecule has 0 aliphatic carbocycles. The SMILES string of the molecule is CCOC(=O)OCCCCOP(=O)(/N=C(\N)N(C)CC(=O)O)OCCCCOC(=O)OCC. The molecule has 0 saturated carbocycles. The van der Waals surface area contributed by atoms with E-state index in [2.05, 4.69) is 14.2 Å². The Bertz CT molecular complexity index is 641. The number of rotatable bonds is 17. The lowest BCUT2D eigenvalue weighted by molar-refractivity contribution is -0.137. The number of nitrogens with two attached hydrogens (primary N) is 1. The molecule has 0 aromatic rings. The third-order valence-corrected chi connectivity index (χ3v) is 5.01. The van der Waals surface area contributed by atoms with Gasteiger partial charge in [-0.3, -0.25) is 13.8 Å². The Labute approximate surface area is 192 Å². The smallest absolute Gasteiger partial charge is 0.480 e. The van der Waals surface area contributed by atoms with Crippen molar-refractivity contribution in [2.75, 3.05) is 53.2 Å². The molecule has 0 unspecified atom stereocenters. The van der Waals surface area contributed by atoms with Crippen LogP contribution in [0.5, 0.6) is 0 Å². The van der Waals surface area contributed by atoms with Crippen LogP contribution in [-0.2, 0) is 37.4 Å². The fraction of sp³-hybridized carbons (Fsp3) is 0.778. The lowest BCUT2D eigenvalue weighted by Crippen LogP contribution is -2.37. The van der Waals surface area contributed by atoms with Crippen LogP contribution in [0, 0.1) is 0 Å². The molecule has 0 amide bonds. The number of hydrogen-bond donors (Lipinski definition) is 2. The fourth-order valence-electron chi connectivity index (χ4n) is 1.98. The lowest BCUT2D eigenvalue weighted by Gasteiger charge is -2.19. The fourth-order valence-corrected chi connectivity index (χ4v) is 3.29. The Morgan fingerprint density at radius 2 is 1.27 bits per heavy atom. The number of carbonyl (C=O) groups excluding carboxylic acids is 2. The van der Waals surface area contributed by atoms with Gasteiger partial charge in [0.05, 0.1) is 39.6 Å². The molecule has 0 aromatic heterocycles. The van der Waals surface area contributed by atoms with Gasteiger partial charge in [0.25, 0.3) is 0 Å². The normalized spacial score (nSPS) is 11.5. The number of carboxylic acid groups (broad SMARTS) is 1. The Kier molecular flexibility index (Phi) is 16.5. The minimum absolute atomic E-state index is 0.0468. The van der Waals surface area contributed by atoms with Gasteiger partial charge in [-0.25, -0.2) is 14.2 Å². The number of carboxylic acids is 1. The van der Waals surface area contributed by atoms with Crippen molar-refractivity contribution in [3.05, 3.63) is 0 Å². The molecule has 15 heteroatoms. The molecule has 0 aliphatic heterocycles. The highest BCUT2D eigenvalue weighted by Crippen LogP contribution is 2.50. The van der Waals surface area contributed by atoms with Crippen molar-refractivity contribution in [1.82, 2.24) is 4.90 Å². The second-order valence-corrected chi connectivity index (χ2v) is 7.97. The van der Waals surface area contributed by atoms with Crippen LogP contribution in [0.15, 0.2) is 4.76 Å². The molecular formula is C18H34N3O11P. The van der Waals surface area contributed by atoms with Gasteiger partial charge in [-0.2, -0.15) is 0 Å². The number of hydrogen-bond acceptors (Lipinski definition) is 10. The molecule has 0 aromatic carbocycles. The predicted octanol–water partition coefficient (Wildman–Crippen LogP) is 2.37. The van der Waals surface area contributed by atoms with Crippen LogP contribution >= 0.6 is 7.75 Å². The highest BCUT2D eigenvalue weighted by Gasteiger charge is 2.26. The zero-order valence-electron chi connectivity index (χ0n) is 19.2. The van der Waals surface area contributed by atoms with Crippen LogP contribution in [0.3, 0.4) is 0 Å². The van der Waals surface area contributed by atoms with Gasteiger partial charge in [0.2, 0.25) is 5.96 Å². The van der Waals surface area contributed by atoms with Gasteiger partial charge >= 0.3 is 26.0 Å². The molecule has 0 aliphatic rings. The number of ether oxygens (including phenoxy) is 4. The standard InChI is InChI=1S/C18H34N3O11P/c1-4-27-17(24)29-10-6-8-12-31-33(26,20-16(19)21(3)14-15(22)23)32-13-9-7-11-30-18(25)28-5-2/h4-14H2,1-3H3,(H,22,23)(H2,19,20,26). The van der Waals surface area contributed by atoms with Crippen molar-refractivity contribution in [3.8, 4) is 0 Å². The van der Waals surface area contributed by atoms with Gasteiger partial charge in [-0.1, -0.05) is 0 Å². The lowest BCUT2D eigenvalue weighted by atomic mass is 10.3. The van der Waals surface area contributed by atoms with Gasteiger partial charge in [-0.15, -0.1) is 4.76 Å². The second-order valence-electron chi connectivity index (χ2n) is 6.32. The van der Waals surface area contributed by atoms with E-state index in [4.69, 9.17) is 29.4 Å². The summed E-state index contributed by atoms with van der Waals surface area (Å²) in [4.78, 5) is 34.1.